The second kappa shape index (κ2) is 9.06. The minimum Gasteiger partial charge on any atom is -0.481 e. The van der Waals surface area contributed by atoms with Gasteiger partial charge in [-0.25, -0.2) is 8.78 Å². The van der Waals surface area contributed by atoms with Crippen molar-refractivity contribution in [2.45, 2.75) is 31.5 Å². The Labute approximate surface area is 157 Å². The number of likely N-dealkylation sites (tertiary alicyclic amines) is 1. The minimum atomic E-state index is -0.791. The second-order valence-electron chi connectivity index (χ2n) is 6.80. The quantitative estimate of drug-likeness (QED) is 0.794. The van der Waals surface area contributed by atoms with Crippen molar-refractivity contribution < 1.29 is 23.4 Å². The molecule has 0 bridgehead atoms. The fraction of sp³-hybridized carbons (Fsp3) is 0.381. The predicted octanol–water partition coefficient (Wildman–Crippen LogP) is 4.01. The van der Waals surface area contributed by atoms with E-state index in [9.17, 15) is 13.6 Å². The fourth-order valence-electron chi connectivity index (χ4n) is 3.34. The molecule has 0 amide bonds. The number of hydrogen-bond acceptors (Lipinski definition) is 3. The van der Waals surface area contributed by atoms with Gasteiger partial charge in [0.1, 0.15) is 17.7 Å². The third-order valence-corrected chi connectivity index (χ3v) is 4.85. The highest BCUT2D eigenvalue weighted by atomic mass is 19.1. The van der Waals surface area contributed by atoms with Crippen molar-refractivity contribution in [1.29, 1.82) is 0 Å². The molecular formula is C21H23F2NO3. The van der Waals surface area contributed by atoms with Crippen LogP contribution in [0.15, 0.2) is 48.5 Å². The molecule has 0 spiro atoms. The molecule has 0 unspecified atom stereocenters. The third-order valence-electron chi connectivity index (χ3n) is 4.85. The van der Waals surface area contributed by atoms with E-state index in [1.165, 1.54) is 24.3 Å². The monoisotopic (exact) mass is 375 g/mol. The van der Waals surface area contributed by atoms with E-state index < -0.39 is 12.1 Å². The molecule has 1 N–H and O–H groups in total. The Hall–Kier alpha value is -2.31. The first kappa shape index (κ1) is 19.5. The van der Waals surface area contributed by atoms with Crippen molar-refractivity contribution in [3.05, 3.63) is 71.3 Å². The molecule has 4 nitrogen and oxygen atoms in total. The van der Waals surface area contributed by atoms with Gasteiger partial charge >= 0.3 is 5.97 Å². The highest BCUT2D eigenvalue weighted by Gasteiger charge is 2.25. The van der Waals surface area contributed by atoms with Crippen molar-refractivity contribution in [2.24, 2.45) is 0 Å². The lowest BCUT2D eigenvalue weighted by atomic mass is 10.00. The summed E-state index contributed by atoms with van der Waals surface area (Å²) in [5, 5.41) is 8.80. The lowest BCUT2D eigenvalue weighted by Gasteiger charge is -2.34. The molecule has 0 aromatic heterocycles. The fourth-order valence-corrected chi connectivity index (χ4v) is 3.34. The molecule has 1 fully saturated rings. The number of halogens is 2. The van der Waals surface area contributed by atoms with E-state index in [2.05, 4.69) is 4.90 Å². The van der Waals surface area contributed by atoms with E-state index in [-0.39, 0.29) is 24.2 Å². The van der Waals surface area contributed by atoms with Gasteiger partial charge in [0.05, 0.1) is 12.5 Å². The van der Waals surface area contributed by atoms with E-state index >= 15 is 0 Å². The van der Waals surface area contributed by atoms with Crippen molar-refractivity contribution in [3.63, 3.8) is 0 Å². The lowest BCUT2D eigenvalue weighted by Crippen LogP contribution is -2.38. The summed E-state index contributed by atoms with van der Waals surface area (Å²) in [7, 11) is 0. The molecule has 144 valence electrons. The Kier molecular flexibility index (Phi) is 6.53. The zero-order valence-corrected chi connectivity index (χ0v) is 15.0. The Morgan fingerprint density at radius 1 is 1.00 bits per heavy atom. The summed E-state index contributed by atoms with van der Waals surface area (Å²) < 4.78 is 32.9. The van der Waals surface area contributed by atoms with Crippen LogP contribution in [0.25, 0.3) is 0 Å². The van der Waals surface area contributed by atoms with Gasteiger partial charge in [-0.3, -0.25) is 4.79 Å². The van der Waals surface area contributed by atoms with Gasteiger partial charge in [0.25, 0.3) is 0 Å². The SMILES string of the molecule is O=C(O)CCN1CCC(OC(c2ccc(F)cc2)c2ccc(F)cc2)CC1. The maximum Gasteiger partial charge on any atom is 0.304 e. The number of nitrogens with zero attached hydrogens (tertiary/aromatic N) is 1. The van der Waals surface area contributed by atoms with E-state index in [1.54, 1.807) is 24.3 Å². The average Bonchev–Trinajstić information content (AvgIpc) is 2.67. The molecule has 0 saturated carbocycles. The van der Waals surface area contributed by atoms with Crippen LogP contribution in [0.3, 0.4) is 0 Å². The van der Waals surface area contributed by atoms with Crippen molar-refractivity contribution >= 4 is 5.97 Å². The van der Waals surface area contributed by atoms with Gasteiger partial charge in [-0.2, -0.15) is 0 Å². The largest absolute Gasteiger partial charge is 0.481 e. The first-order valence-corrected chi connectivity index (χ1v) is 9.12. The molecule has 0 aliphatic carbocycles. The average molecular weight is 375 g/mol. The zero-order valence-electron chi connectivity index (χ0n) is 15.0. The maximum absolute atomic E-state index is 13.3. The molecular weight excluding hydrogens is 352 g/mol. The van der Waals surface area contributed by atoms with Crippen LogP contribution >= 0.6 is 0 Å². The molecule has 1 aliphatic heterocycles. The molecule has 3 rings (SSSR count). The summed E-state index contributed by atoms with van der Waals surface area (Å²) >= 11 is 0. The number of hydrogen-bond donors (Lipinski definition) is 1. The van der Waals surface area contributed by atoms with E-state index in [0.29, 0.717) is 6.54 Å². The van der Waals surface area contributed by atoms with Crippen LogP contribution in [0.5, 0.6) is 0 Å². The van der Waals surface area contributed by atoms with Crippen LogP contribution in [0.2, 0.25) is 0 Å². The molecule has 2 aromatic carbocycles. The van der Waals surface area contributed by atoms with E-state index in [4.69, 9.17) is 9.84 Å². The number of piperidine rings is 1. The Morgan fingerprint density at radius 2 is 1.48 bits per heavy atom. The van der Waals surface area contributed by atoms with Crippen molar-refractivity contribution in [1.82, 2.24) is 4.90 Å². The van der Waals surface area contributed by atoms with Gasteiger partial charge in [0.2, 0.25) is 0 Å². The Morgan fingerprint density at radius 3 is 1.93 bits per heavy atom. The van der Waals surface area contributed by atoms with Gasteiger partial charge in [0.15, 0.2) is 0 Å². The first-order valence-electron chi connectivity index (χ1n) is 9.12. The molecule has 0 radical (unpaired) electrons. The molecule has 1 aliphatic rings. The highest BCUT2D eigenvalue weighted by Crippen LogP contribution is 2.30. The summed E-state index contributed by atoms with van der Waals surface area (Å²) in [4.78, 5) is 12.8. The number of rotatable bonds is 7. The van der Waals surface area contributed by atoms with Crippen LogP contribution in [-0.2, 0) is 9.53 Å². The maximum atomic E-state index is 13.3. The summed E-state index contributed by atoms with van der Waals surface area (Å²) in [5.74, 6) is -1.42. The van der Waals surface area contributed by atoms with Crippen LogP contribution in [0.1, 0.15) is 36.5 Å². The second-order valence-corrected chi connectivity index (χ2v) is 6.80. The summed E-state index contributed by atoms with van der Waals surface area (Å²) in [6.07, 6.45) is 1.32. The number of carboxylic acids is 1. The smallest absolute Gasteiger partial charge is 0.304 e. The Balaban J connectivity index is 1.68. The number of carboxylic acid groups (broad SMARTS) is 1. The van der Waals surface area contributed by atoms with Crippen LogP contribution in [0.4, 0.5) is 8.78 Å². The molecule has 1 saturated heterocycles. The standard InChI is InChI=1S/C21H23F2NO3/c22-17-5-1-15(2-6-17)21(16-3-7-18(23)8-4-16)27-19-9-12-24(13-10-19)14-11-20(25)26/h1-8,19,21H,9-14H2,(H,25,26). The zero-order chi connectivity index (χ0) is 19.2. The summed E-state index contributed by atoms with van der Waals surface area (Å²) in [6, 6.07) is 12.3. The van der Waals surface area contributed by atoms with Gasteiger partial charge in [-0.15, -0.1) is 0 Å². The minimum absolute atomic E-state index is 0.00573. The first-order chi connectivity index (χ1) is 13.0. The molecule has 27 heavy (non-hydrogen) atoms. The van der Waals surface area contributed by atoms with Crippen LogP contribution in [-0.4, -0.2) is 41.7 Å². The number of aliphatic carboxylic acids is 1. The van der Waals surface area contributed by atoms with E-state index in [0.717, 1.165) is 37.1 Å². The highest BCUT2D eigenvalue weighted by molar-refractivity contribution is 5.66. The van der Waals surface area contributed by atoms with Gasteiger partial charge in [0, 0.05) is 19.6 Å². The van der Waals surface area contributed by atoms with Gasteiger partial charge < -0.3 is 14.7 Å². The van der Waals surface area contributed by atoms with Crippen molar-refractivity contribution in [2.75, 3.05) is 19.6 Å². The Bertz CT molecular complexity index is 696. The van der Waals surface area contributed by atoms with Crippen molar-refractivity contribution in [3.8, 4) is 0 Å². The van der Waals surface area contributed by atoms with Gasteiger partial charge in [-0.05, 0) is 48.2 Å². The number of benzene rings is 2. The molecule has 1 heterocycles. The predicted molar refractivity (Wildman–Crippen MR) is 97.4 cm³/mol. The third kappa shape index (κ3) is 5.58. The molecule has 2 aromatic rings. The van der Waals surface area contributed by atoms with Crippen LogP contribution < -0.4 is 0 Å². The number of carbonyl (C=O) groups is 1. The van der Waals surface area contributed by atoms with Crippen LogP contribution in [0, 0.1) is 11.6 Å². The summed E-state index contributed by atoms with van der Waals surface area (Å²) in [5.41, 5.74) is 1.63. The summed E-state index contributed by atoms with van der Waals surface area (Å²) in [6.45, 7) is 2.09. The molecule has 6 heteroatoms. The number of ether oxygens (including phenoxy) is 1. The van der Waals surface area contributed by atoms with E-state index in [1.807, 2.05) is 0 Å². The lowest BCUT2D eigenvalue weighted by molar-refractivity contribution is -0.137. The van der Waals surface area contributed by atoms with Gasteiger partial charge in [-0.1, -0.05) is 24.3 Å². The topological polar surface area (TPSA) is 49.8 Å². The normalized spacial score (nSPS) is 16.0. The molecule has 0 atom stereocenters.